The summed E-state index contributed by atoms with van der Waals surface area (Å²) >= 11 is 0. The predicted molar refractivity (Wildman–Crippen MR) is 78.8 cm³/mol. The van der Waals surface area contributed by atoms with Crippen molar-refractivity contribution in [1.82, 2.24) is 15.5 Å². The summed E-state index contributed by atoms with van der Waals surface area (Å²) in [5, 5.41) is 11.3. The van der Waals surface area contributed by atoms with Gasteiger partial charge in [0.05, 0.1) is 12.2 Å². The minimum absolute atomic E-state index is 0.292. The number of aromatic nitrogens is 2. The third kappa shape index (κ3) is 3.00. The zero-order valence-electron chi connectivity index (χ0n) is 11.5. The van der Waals surface area contributed by atoms with E-state index in [2.05, 4.69) is 20.8 Å². The zero-order chi connectivity index (χ0) is 14.7. The molecule has 3 rings (SSSR count). The van der Waals surface area contributed by atoms with E-state index in [-0.39, 0.29) is 6.03 Å². The van der Waals surface area contributed by atoms with Crippen molar-refractivity contribution in [3.63, 3.8) is 0 Å². The number of benzene rings is 1. The molecule has 0 radical (unpaired) electrons. The number of anilines is 1. The van der Waals surface area contributed by atoms with Crippen LogP contribution < -0.4 is 10.6 Å². The van der Waals surface area contributed by atoms with Crippen LogP contribution in [0.3, 0.4) is 0 Å². The Morgan fingerprint density at radius 3 is 3.05 bits per heavy atom. The van der Waals surface area contributed by atoms with E-state index >= 15 is 0 Å². The first-order valence-electron chi connectivity index (χ1n) is 6.52. The van der Waals surface area contributed by atoms with Crippen LogP contribution in [-0.4, -0.2) is 16.2 Å². The topological polar surface area (TPSA) is 80.0 Å². The number of carbonyl (C=O) groups is 1. The Hall–Kier alpha value is -2.89. The molecule has 1 aromatic carbocycles. The van der Waals surface area contributed by atoms with E-state index in [4.69, 9.17) is 4.52 Å². The minimum Gasteiger partial charge on any atom is -0.361 e. The van der Waals surface area contributed by atoms with Crippen molar-refractivity contribution in [2.45, 2.75) is 13.5 Å². The lowest BCUT2D eigenvalue weighted by Gasteiger charge is -2.09. The van der Waals surface area contributed by atoms with Crippen molar-refractivity contribution in [2.75, 3.05) is 5.32 Å². The molecule has 0 fully saturated rings. The maximum absolute atomic E-state index is 11.9. The Morgan fingerprint density at radius 1 is 1.33 bits per heavy atom. The van der Waals surface area contributed by atoms with Gasteiger partial charge < -0.3 is 15.2 Å². The van der Waals surface area contributed by atoms with Crippen LogP contribution in [0.15, 0.2) is 47.2 Å². The molecule has 0 spiro atoms. The number of hydrogen-bond donors (Lipinski definition) is 2. The molecule has 2 heterocycles. The summed E-state index contributed by atoms with van der Waals surface area (Å²) in [6, 6.07) is 9.03. The molecule has 106 valence electrons. The van der Waals surface area contributed by atoms with Gasteiger partial charge in [-0.05, 0) is 19.1 Å². The molecule has 0 aliphatic heterocycles. The molecule has 0 unspecified atom stereocenters. The first-order valence-corrected chi connectivity index (χ1v) is 6.52. The highest BCUT2D eigenvalue weighted by Crippen LogP contribution is 2.21. The summed E-state index contributed by atoms with van der Waals surface area (Å²) in [6.45, 7) is 2.12. The van der Waals surface area contributed by atoms with Crippen molar-refractivity contribution in [2.24, 2.45) is 0 Å². The van der Waals surface area contributed by atoms with Crippen molar-refractivity contribution in [1.29, 1.82) is 0 Å². The number of fused-ring (bicyclic) bond motifs is 1. The number of rotatable bonds is 3. The van der Waals surface area contributed by atoms with Gasteiger partial charge in [-0.15, -0.1) is 0 Å². The van der Waals surface area contributed by atoms with E-state index in [0.717, 1.165) is 16.5 Å². The second-order valence-corrected chi connectivity index (χ2v) is 4.64. The number of amides is 2. The molecule has 6 heteroatoms. The van der Waals surface area contributed by atoms with Crippen LogP contribution in [0.2, 0.25) is 0 Å². The van der Waals surface area contributed by atoms with E-state index in [1.54, 1.807) is 25.4 Å². The highest BCUT2D eigenvalue weighted by Gasteiger charge is 2.06. The van der Waals surface area contributed by atoms with Crippen LogP contribution in [0.5, 0.6) is 0 Å². The Labute approximate surface area is 121 Å². The zero-order valence-corrected chi connectivity index (χ0v) is 11.5. The standard InChI is InChI=1S/C15H14N4O2/c1-10-7-12(19-21-10)9-17-15(20)18-14-4-2-3-11-8-16-6-5-13(11)14/h2-8H,9H2,1H3,(H2,17,18,20). The fraction of sp³-hybridized carbons (Fsp3) is 0.133. The summed E-state index contributed by atoms with van der Waals surface area (Å²) in [4.78, 5) is 16.0. The Balaban J connectivity index is 1.69. The number of urea groups is 1. The Bertz CT molecular complexity index is 777. The number of nitrogens with one attached hydrogen (secondary N) is 2. The van der Waals surface area contributed by atoms with E-state index in [9.17, 15) is 4.79 Å². The van der Waals surface area contributed by atoms with Crippen molar-refractivity contribution >= 4 is 22.5 Å². The van der Waals surface area contributed by atoms with Gasteiger partial charge >= 0.3 is 6.03 Å². The largest absolute Gasteiger partial charge is 0.361 e. The summed E-state index contributed by atoms with van der Waals surface area (Å²) in [5.41, 5.74) is 1.42. The van der Waals surface area contributed by atoms with Gasteiger partial charge in [-0.2, -0.15) is 0 Å². The van der Waals surface area contributed by atoms with Gasteiger partial charge in [0.1, 0.15) is 11.5 Å². The highest BCUT2D eigenvalue weighted by molar-refractivity contribution is 6.01. The first kappa shape index (κ1) is 13.1. The molecule has 0 atom stereocenters. The van der Waals surface area contributed by atoms with Crippen molar-refractivity contribution in [3.8, 4) is 0 Å². The number of pyridine rings is 1. The summed E-state index contributed by atoms with van der Waals surface area (Å²) in [5.74, 6) is 0.716. The third-order valence-corrected chi connectivity index (χ3v) is 3.04. The number of carbonyl (C=O) groups excluding carboxylic acids is 1. The van der Waals surface area contributed by atoms with Gasteiger partial charge in [-0.25, -0.2) is 4.79 Å². The molecule has 0 saturated carbocycles. The summed E-state index contributed by atoms with van der Waals surface area (Å²) in [6.07, 6.45) is 3.46. The van der Waals surface area contributed by atoms with E-state index < -0.39 is 0 Å². The molecule has 6 nitrogen and oxygen atoms in total. The molecular formula is C15H14N4O2. The van der Waals surface area contributed by atoms with E-state index in [1.807, 2.05) is 24.3 Å². The van der Waals surface area contributed by atoms with Crippen LogP contribution >= 0.6 is 0 Å². The number of nitrogens with zero attached hydrogens (tertiary/aromatic N) is 2. The van der Waals surface area contributed by atoms with E-state index in [1.165, 1.54) is 0 Å². The maximum Gasteiger partial charge on any atom is 0.319 e. The lowest BCUT2D eigenvalue weighted by atomic mass is 10.1. The second kappa shape index (κ2) is 5.62. The van der Waals surface area contributed by atoms with Gasteiger partial charge in [0.2, 0.25) is 0 Å². The molecular weight excluding hydrogens is 268 g/mol. The molecule has 3 aromatic rings. The van der Waals surface area contributed by atoms with Crippen LogP contribution in [0, 0.1) is 6.92 Å². The van der Waals surface area contributed by atoms with Crippen molar-refractivity contribution < 1.29 is 9.32 Å². The SMILES string of the molecule is Cc1cc(CNC(=O)Nc2cccc3cnccc23)no1. The van der Waals surface area contributed by atoms with Gasteiger partial charge in [-0.3, -0.25) is 4.98 Å². The first-order chi connectivity index (χ1) is 10.2. The van der Waals surface area contributed by atoms with Gasteiger partial charge in [0.15, 0.2) is 0 Å². The molecule has 21 heavy (non-hydrogen) atoms. The number of hydrogen-bond acceptors (Lipinski definition) is 4. The predicted octanol–water partition coefficient (Wildman–Crippen LogP) is 2.85. The normalized spacial score (nSPS) is 10.5. The van der Waals surface area contributed by atoms with Gasteiger partial charge in [0, 0.05) is 29.2 Å². The lowest BCUT2D eigenvalue weighted by Crippen LogP contribution is -2.28. The fourth-order valence-electron chi connectivity index (χ4n) is 2.07. The molecule has 0 aliphatic rings. The molecule has 2 aromatic heterocycles. The van der Waals surface area contributed by atoms with E-state index in [0.29, 0.717) is 18.0 Å². The lowest BCUT2D eigenvalue weighted by molar-refractivity contribution is 0.251. The van der Waals surface area contributed by atoms with Crippen LogP contribution in [-0.2, 0) is 6.54 Å². The molecule has 0 saturated heterocycles. The maximum atomic E-state index is 11.9. The Kier molecular flexibility index (Phi) is 3.51. The monoisotopic (exact) mass is 282 g/mol. The quantitative estimate of drug-likeness (QED) is 0.774. The molecule has 2 amide bonds. The average molecular weight is 282 g/mol. The van der Waals surface area contributed by atoms with Crippen LogP contribution in [0.1, 0.15) is 11.5 Å². The minimum atomic E-state index is -0.292. The third-order valence-electron chi connectivity index (χ3n) is 3.04. The average Bonchev–Trinajstić information content (AvgIpc) is 2.91. The Morgan fingerprint density at radius 2 is 2.24 bits per heavy atom. The second-order valence-electron chi connectivity index (χ2n) is 4.64. The molecule has 0 bridgehead atoms. The summed E-state index contributed by atoms with van der Waals surface area (Å²) < 4.78 is 4.94. The van der Waals surface area contributed by atoms with Crippen LogP contribution in [0.25, 0.3) is 10.8 Å². The summed E-state index contributed by atoms with van der Waals surface area (Å²) in [7, 11) is 0. The van der Waals surface area contributed by atoms with Gasteiger partial charge in [0.25, 0.3) is 0 Å². The highest BCUT2D eigenvalue weighted by atomic mass is 16.5. The fourth-order valence-corrected chi connectivity index (χ4v) is 2.07. The van der Waals surface area contributed by atoms with Crippen molar-refractivity contribution in [3.05, 3.63) is 54.2 Å². The smallest absolute Gasteiger partial charge is 0.319 e. The number of aryl methyl sites for hydroxylation is 1. The molecule has 0 aliphatic carbocycles. The van der Waals surface area contributed by atoms with Crippen LogP contribution in [0.4, 0.5) is 10.5 Å². The molecule has 2 N–H and O–H groups in total. The van der Waals surface area contributed by atoms with Gasteiger partial charge in [-0.1, -0.05) is 17.3 Å².